The molecule has 0 aliphatic carbocycles. The second-order valence-corrected chi connectivity index (χ2v) is 6.84. The lowest BCUT2D eigenvalue weighted by molar-refractivity contribution is 0.0953. The average Bonchev–Trinajstić information content (AvgIpc) is 2.69. The van der Waals surface area contributed by atoms with Gasteiger partial charge >= 0.3 is 0 Å². The molecule has 0 saturated carbocycles. The largest absolute Gasteiger partial charge is 0.493 e. The molecule has 0 atom stereocenters. The zero-order valence-corrected chi connectivity index (χ0v) is 17.2. The molecule has 150 valence electrons. The Morgan fingerprint density at radius 3 is 2.68 bits per heavy atom. The smallest absolute Gasteiger partial charge is 0.251 e. The van der Waals surface area contributed by atoms with Gasteiger partial charge in [0, 0.05) is 12.1 Å². The van der Waals surface area contributed by atoms with Crippen LogP contribution in [0.2, 0.25) is 10.0 Å². The maximum Gasteiger partial charge on any atom is 0.251 e. The lowest BCUT2D eigenvalue weighted by Gasteiger charge is -2.20. The van der Waals surface area contributed by atoms with Crippen molar-refractivity contribution in [1.82, 2.24) is 5.32 Å². The van der Waals surface area contributed by atoms with Crippen LogP contribution in [0.15, 0.2) is 24.3 Å². The van der Waals surface area contributed by atoms with Crippen LogP contribution in [0.5, 0.6) is 23.0 Å². The van der Waals surface area contributed by atoms with Crippen LogP contribution < -0.4 is 24.3 Å². The summed E-state index contributed by atoms with van der Waals surface area (Å²) in [6, 6.07) is 6.86. The highest BCUT2D eigenvalue weighted by Crippen LogP contribution is 2.38. The minimum absolute atomic E-state index is 0.258. The normalized spacial score (nSPS) is 12.4. The number of ether oxygens (including phenoxy) is 4. The Morgan fingerprint density at radius 2 is 1.93 bits per heavy atom. The van der Waals surface area contributed by atoms with Crippen molar-refractivity contribution >= 4 is 29.1 Å². The van der Waals surface area contributed by atoms with E-state index in [1.54, 1.807) is 12.1 Å². The van der Waals surface area contributed by atoms with Crippen molar-refractivity contribution in [2.45, 2.75) is 13.3 Å². The zero-order chi connectivity index (χ0) is 20.1. The summed E-state index contributed by atoms with van der Waals surface area (Å²) < 4.78 is 21.8. The van der Waals surface area contributed by atoms with E-state index in [-0.39, 0.29) is 5.91 Å². The molecule has 0 spiro atoms. The van der Waals surface area contributed by atoms with Crippen LogP contribution in [-0.4, -0.2) is 39.4 Å². The fourth-order valence-electron chi connectivity index (χ4n) is 2.87. The number of carbonyl (C=O) groups excluding carboxylic acids is 1. The Bertz CT molecular complexity index is 872. The minimum atomic E-state index is -0.258. The fourth-order valence-corrected chi connectivity index (χ4v) is 3.42. The summed E-state index contributed by atoms with van der Waals surface area (Å²) in [5, 5.41) is 3.69. The third kappa shape index (κ3) is 4.56. The molecule has 0 saturated heterocycles. The molecule has 1 N–H and O–H groups in total. The first-order valence-corrected chi connectivity index (χ1v) is 9.65. The molecule has 8 heteroatoms. The van der Waals surface area contributed by atoms with E-state index in [2.05, 4.69) is 5.32 Å². The van der Waals surface area contributed by atoms with Crippen LogP contribution in [0, 0.1) is 0 Å². The summed E-state index contributed by atoms with van der Waals surface area (Å²) in [5.41, 5.74) is 1.34. The van der Waals surface area contributed by atoms with Gasteiger partial charge in [-0.05, 0) is 43.2 Å². The van der Waals surface area contributed by atoms with Crippen molar-refractivity contribution in [3.63, 3.8) is 0 Å². The number of amides is 1. The molecule has 28 heavy (non-hydrogen) atoms. The lowest BCUT2D eigenvalue weighted by atomic mass is 10.1. The summed E-state index contributed by atoms with van der Waals surface area (Å²) in [6.07, 6.45) is 0.587. The highest BCUT2D eigenvalue weighted by atomic mass is 35.5. The van der Waals surface area contributed by atoms with Crippen molar-refractivity contribution in [2.24, 2.45) is 0 Å². The van der Waals surface area contributed by atoms with Gasteiger partial charge in [0.1, 0.15) is 13.2 Å². The highest BCUT2D eigenvalue weighted by Gasteiger charge is 2.18. The monoisotopic (exact) mass is 425 g/mol. The maximum absolute atomic E-state index is 12.5. The van der Waals surface area contributed by atoms with Crippen LogP contribution in [0.25, 0.3) is 0 Å². The minimum Gasteiger partial charge on any atom is -0.493 e. The van der Waals surface area contributed by atoms with E-state index in [9.17, 15) is 4.79 Å². The molecule has 0 fully saturated rings. The van der Waals surface area contributed by atoms with Gasteiger partial charge in [-0.1, -0.05) is 23.2 Å². The summed E-state index contributed by atoms with van der Waals surface area (Å²) in [7, 11) is 1.50. The van der Waals surface area contributed by atoms with E-state index in [0.717, 1.165) is 5.56 Å². The fraction of sp³-hybridized carbons (Fsp3) is 0.350. The molecule has 1 amide bonds. The zero-order valence-electron chi connectivity index (χ0n) is 15.6. The Balaban J connectivity index is 1.65. The maximum atomic E-state index is 12.5. The third-order valence-electron chi connectivity index (χ3n) is 4.14. The van der Waals surface area contributed by atoms with E-state index in [1.807, 2.05) is 19.1 Å². The van der Waals surface area contributed by atoms with E-state index >= 15 is 0 Å². The second-order valence-electron chi connectivity index (χ2n) is 6.03. The molecule has 3 rings (SSSR count). The molecule has 2 aromatic rings. The van der Waals surface area contributed by atoms with Crippen LogP contribution >= 0.6 is 23.2 Å². The topological polar surface area (TPSA) is 66.0 Å². The number of halogens is 2. The van der Waals surface area contributed by atoms with E-state index in [4.69, 9.17) is 42.1 Å². The predicted molar refractivity (Wildman–Crippen MR) is 108 cm³/mol. The molecular weight excluding hydrogens is 405 g/mol. The molecule has 1 aliphatic rings. The number of benzene rings is 2. The van der Waals surface area contributed by atoms with E-state index in [1.165, 1.54) is 7.11 Å². The van der Waals surface area contributed by atoms with Gasteiger partial charge in [0.25, 0.3) is 5.91 Å². The SMILES string of the molecule is CCOc1c(Cl)cc(C(=O)NCCc2cc(Cl)c3c(c2)OCCO3)cc1OC. The quantitative estimate of drug-likeness (QED) is 0.721. The molecule has 1 heterocycles. The summed E-state index contributed by atoms with van der Waals surface area (Å²) in [5.74, 6) is 1.78. The van der Waals surface area contributed by atoms with Gasteiger partial charge < -0.3 is 24.3 Å². The third-order valence-corrected chi connectivity index (χ3v) is 4.70. The summed E-state index contributed by atoms with van der Waals surface area (Å²) in [6.45, 7) is 3.68. The first-order chi connectivity index (χ1) is 13.5. The Labute approximate surface area is 173 Å². The van der Waals surface area contributed by atoms with Crippen LogP contribution in [-0.2, 0) is 6.42 Å². The first kappa shape index (κ1) is 20.4. The standard InChI is InChI=1S/C20H21Cl2NO5/c1-3-26-18-15(22)10-13(11-16(18)25-2)20(24)23-5-4-12-8-14(21)19-17(9-12)27-6-7-28-19/h8-11H,3-7H2,1-2H3,(H,23,24). The molecular formula is C20H21Cl2NO5. The Hall–Kier alpha value is -2.31. The van der Waals surface area contributed by atoms with Crippen molar-refractivity contribution in [3.05, 3.63) is 45.4 Å². The number of hydrogen-bond acceptors (Lipinski definition) is 5. The van der Waals surface area contributed by atoms with Gasteiger partial charge in [-0.2, -0.15) is 0 Å². The van der Waals surface area contributed by atoms with Gasteiger partial charge in [0.05, 0.1) is 23.8 Å². The van der Waals surface area contributed by atoms with Crippen molar-refractivity contribution in [1.29, 1.82) is 0 Å². The van der Waals surface area contributed by atoms with E-state index in [0.29, 0.717) is 71.4 Å². The number of nitrogens with one attached hydrogen (secondary N) is 1. The summed E-state index contributed by atoms with van der Waals surface area (Å²) in [4.78, 5) is 12.5. The Kier molecular flexibility index (Phi) is 6.75. The number of hydrogen-bond donors (Lipinski definition) is 1. The first-order valence-electron chi connectivity index (χ1n) is 8.90. The highest BCUT2D eigenvalue weighted by molar-refractivity contribution is 6.33. The molecule has 6 nitrogen and oxygen atoms in total. The van der Waals surface area contributed by atoms with Crippen molar-refractivity contribution in [3.8, 4) is 23.0 Å². The molecule has 0 bridgehead atoms. The molecule has 1 aliphatic heterocycles. The van der Waals surface area contributed by atoms with Crippen LogP contribution in [0.4, 0.5) is 0 Å². The number of carbonyl (C=O) groups is 1. The number of rotatable bonds is 7. The van der Waals surface area contributed by atoms with Crippen LogP contribution in [0.1, 0.15) is 22.8 Å². The number of fused-ring (bicyclic) bond motifs is 1. The van der Waals surface area contributed by atoms with Crippen molar-refractivity contribution < 1.29 is 23.7 Å². The molecule has 2 aromatic carbocycles. The van der Waals surface area contributed by atoms with Crippen molar-refractivity contribution in [2.75, 3.05) is 33.5 Å². The van der Waals surface area contributed by atoms with Gasteiger partial charge in [0.2, 0.25) is 0 Å². The number of methoxy groups -OCH3 is 1. The van der Waals surface area contributed by atoms with Gasteiger partial charge in [-0.3, -0.25) is 4.79 Å². The Morgan fingerprint density at radius 1 is 1.14 bits per heavy atom. The van der Waals surface area contributed by atoms with Gasteiger partial charge in [-0.15, -0.1) is 0 Å². The predicted octanol–water partition coefficient (Wildman–Crippen LogP) is 4.14. The molecule has 0 radical (unpaired) electrons. The van der Waals surface area contributed by atoms with Gasteiger partial charge in [-0.25, -0.2) is 0 Å². The van der Waals surface area contributed by atoms with Gasteiger partial charge in [0.15, 0.2) is 23.0 Å². The second kappa shape index (κ2) is 9.26. The molecule has 0 unspecified atom stereocenters. The average molecular weight is 426 g/mol. The lowest BCUT2D eigenvalue weighted by Crippen LogP contribution is -2.26. The molecule has 0 aromatic heterocycles. The van der Waals surface area contributed by atoms with E-state index < -0.39 is 0 Å². The summed E-state index contributed by atoms with van der Waals surface area (Å²) >= 11 is 12.5. The van der Waals surface area contributed by atoms with Crippen LogP contribution in [0.3, 0.4) is 0 Å².